The summed E-state index contributed by atoms with van der Waals surface area (Å²) >= 11 is 0. The SMILES string of the molecule is O=S1(=O)C=CC2=c3c4c(ccc3=NC2=C1)C=CCC4. The monoisotopic (exact) mass is 269 g/mol. The average molecular weight is 269 g/mol. The van der Waals surface area contributed by atoms with Crippen molar-refractivity contribution in [3.05, 3.63) is 62.5 Å². The molecule has 0 spiro atoms. The van der Waals surface area contributed by atoms with Crippen LogP contribution in [0.1, 0.15) is 17.5 Å². The normalized spacial score (nSPS) is 21.3. The third-order valence-electron chi connectivity index (χ3n) is 3.67. The van der Waals surface area contributed by atoms with Crippen molar-refractivity contribution in [3.63, 3.8) is 0 Å². The van der Waals surface area contributed by atoms with Crippen molar-refractivity contribution < 1.29 is 8.42 Å². The van der Waals surface area contributed by atoms with Crippen LogP contribution in [0, 0.1) is 0 Å². The van der Waals surface area contributed by atoms with Crippen molar-refractivity contribution in [2.45, 2.75) is 12.8 Å². The molecule has 2 aliphatic heterocycles. The number of rotatable bonds is 0. The zero-order chi connectivity index (χ0) is 13.0. The summed E-state index contributed by atoms with van der Waals surface area (Å²) < 4.78 is 23.2. The Morgan fingerprint density at radius 1 is 1.16 bits per heavy atom. The van der Waals surface area contributed by atoms with Crippen molar-refractivity contribution in [1.82, 2.24) is 0 Å². The lowest BCUT2D eigenvalue weighted by atomic mass is 9.93. The topological polar surface area (TPSA) is 46.5 Å². The van der Waals surface area contributed by atoms with E-state index in [1.165, 1.54) is 21.9 Å². The van der Waals surface area contributed by atoms with E-state index in [9.17, 15) is 8.42 Å². The molecule has 4 rings (SSSR count). The third-order valence-corrected chi connectivity index (χ3v) is 4.74. The third kappa shape index (κ3) is 1.56. The van der Waals surface area contributed by atoms with Crippen LogP contribution in [0.15, 0.2) is 45.8 Å². The fourth-order valence-electron chi connectivity index (χ4n) is 2.84. The zero-order valence-electron chi connectivity index (χ0n) is 10.1. The molecular weight excluding hydrogens is 258 g/mol. The maximum atomic E-state index is 11.6. The van der Waals surface area contributed by atoms with E-state index < -0.39 is 9.84 Å². The Bertz CT molecular complexity index is 916. The summed E-state index contributed by atoms with van der Waals surface area (Å²) in [5.41, 5.74) is 4.01. The molecular formula is C15H11NO2S. The number of allylic oxidation sites excluding steroid dienone is 2. The van der Waals surface area contributed by atoms with Gasteiger partial charge in [-0.25, -0.2) is 13.4 Å². The molecule has 3 aliphatic rings. The molecule has 1 aromatic carbocycles. The Morgan fingerprint density at radius 2 is 2.05 bits per heavy atom. The fraction of sp³-hybridized carbons (Fsp3) is 0.133. The highest BCUT2D eigenvalue weighted by Crippen LogP contribution is 2.25. The van der Waals surface area contributed by atoms with Gasteiger partial charge in [0.1, 0.15) is 0 Å². The first-order valence-corrected chi connectivity index (χ1v) is 7.82. The molecule has 4 heteroatoms. The van der Waals surface area contributed by atoms with Crippen molar-refractivity contribution in [2.24, 2.45) is 4.99 Å². The minimum Gasteiger partial charge on any atom is -0.247 e. The first-order chi connectivity index (χ1) is 9.14. The molecule has 0 N–H and O–H groups in total. The second-order valence-electron chi connectivity index (χ2n) is 4.89. The summed E-state index contributed by atoms with van der Waals surface area (Å²) in [6.07, 6.45) is 7.99. The van der Waals surface area contributed by atoms with E-state index in [1.54, 1.807) is 6.08 Å². The lowest BCUT2D eigenvalue weighted by Crippen LogP contribution is -2.29. The zero-order valence-corrected chi connectivity index (χ0v) is 10.9. The van der Waals surface area contributed by atoms with Crippen LogP contribution >= 0.6 is 0 Å². The van der Waals surface area contributed by atoms with Gasteiger partial charge in [0.2, 0.25) is 0 Å². The highest BCUT2D eigenvalue weighted by Gasteiger charge is 2.21. The average Bonchev–Trinajstić information content (AvgIpc) is 2.74. The summed E-state index contributed by atoms with van der Waals surface area (Å²) in [5, 5.41) is 4.51. The van der Waals surface area contributed by atoms with Gasteiger partial charge in [-0.1, -0.05) is 18.2 Å². The molecule has 94 valence electrons. The first-order valence-electron chi connectivity index (χ1n) is 6.21. The second kappa shape index (κ2) is 3.54. The van der Waals surface area contributed by atoms with E-state index in [0.29, 0.717) is 5.70 Å². The second-order valence-corrected chi connectivity index (χ2v) is 6.57. The molecule has 0 saturated heterocycles. The van der Waals surface area contributed by atoms with Gasteiger partial charge < -0.3 is 0 Å². The van der Waals surface area contributed by atoms with Crippen molar-refractivity contribution in [3.8, 4) is 0 Å². The van der Waals surface area contributed by atoms with Gasteiger partial charge in [-0.2, -0.15) is 0 Å². The van der Waals surface area contributed by atoms with Gasteiger partial charge in [0.15, 0.2) is 9.84 Å². The predicted molar refractivity (Wildman–Crippen MR) is 74.1 cm³/mol. The molecule has 0 unspecified atom stereocenters. The van der Waals surface area contributed by atoms with Crippen LogP contribution in [0.3, 0.4) is 0 Å². The Morgan fingerprint density at radius 3 is 2.95 bits per heavy atom. The van der Waals surface area contributed by atoms with Crippen molar-refractivity contribution >= 4 is 21.5 Å². The van der Waals surface area contributed by atoms with Gasteiger partial charge in [-0.05, 0) is 36.1 Å². The van der Waals surface area contributed by atoms with E-state index in [4.69, 9.17) is 0 Å². The van der Waals surface area contributed by atoms with Gasteiger partial charge in [-0.15, -0.1) is 0 Å². The summed E-state index contributed by atoms with van der Waals surface area (Å²) in [7, 11) is -3.25. The molecule has 2 heterocycles. The molecule has 3 nitrogen and oxygen atoms in total. The van der Waals surface area contributed by atoms with Gasteiger partial charge in [-0.3, -0.25) is 0 Å². The number of fused-ring (bicyclic) bond motifs is 4. The van der Waals surface area contributed by atoms with Crippen molar-refractivity contribution in [2.75, 3.05) is 0 Å². The highest BCUT2D eigenvalue weighted by molar-refractivity contribution is 7.97. The lowest BCUT2D eigenvalue weighted by Gasteiger charge is -2.11. The summed E-state index contributed by atoms with van der Waals surface area (Å²) in [5.74, 6) is 0. The fourth-order valence-corrected chi connectivity index (χ4v) is 3.74. The molecule has 0 saturated carbocycles. The Kier molecular flexibility index (Phi) is 2.04. The Hall–Kier alpha value is -1.94. The molecule has 1 aliphatic carbocycles. The number of benzene rings is 1. The van der Waals surface area contributed by atoms with Gasteiger partial charge in [0.25, 0.3) is 0 Å². The van der Waals surface area contributed by atoms with E-state index in [2.05, 4.69) is 23.2 Å². The predicted octanol–water partition coefficient (Wildman–Crippen LogP) is 1.21. The minimum atomic E-state index is -3.25. The molecule has 0 bridgehead atoms. The first kappa shape index (κ1) is 10.9. The van der Waals surface area contributed by atoms with Crippen LogP contribution in [0.4, 0.5) is 0 Å². The van der Waals surface area contributed by atoms with Gasteiger partial charge in [0, 0.05) is 16.2 Å². The maximum absolute atomic E-state index is 11.6. The molecule has 0 amide bonds. The molecule has 19 heavy (non-hydrogen) atoms. The molecule has 0 aromatic heterocycles. The summed E-state index contributed by atoms with van der Waals surface area (Å²) in [4.78, 5) is 4.45. The standard InChI is InChI=1S/C15H11NO2S/c17-19(18)8-7-12-14(9-19)16-13-6-5-10-3-1-2-4-11(10)15(12)13/h1,3,5-9H,2,4H2. The minimum absolute atomic E-state index is 0.570. The Labute approximate surface area is 110 Å². The number of hydrogen-bond donors (Lipinski definition) is 0. The largest absolute Gasteiger partial charge is 0.247 e. The van der Waals surface area contributed by atoms with Gasteiger partial charge >= 0.3 is 0 Å². The van der Waals surface area contributed by atoms with E-state index in [-0.39, 0.29) is 0 Å². The number of nitrogens with zero attached hydrogens (tertiary/aromatic N) is 1. The summed E-state index contributed by atoms with van der Waals surface area (Å²) in [6.45, 7) is 0. The smallest absolute Gasteiger partial charge is 0.195 e. The lowest BCUT2D eigenvalue weighted by molar-refractivity contribution is 0.612. The molecule has 0 fully saturated rings. The maximum Gasteiger partial charge on any atom is 0.195 e. The van der Waals surface area contributed by atoms with Crippen molar-refractivity contribution in [1.29, 1.82) is 0 Å². The molecule has 1 aromatic rings. The van der Waals surface area contributed by atoms with E-state index in [1.807, 2.05) is 6.07 Å². The van der Waals surface area contributed by atoms with Crippen LogP contribution < -0.4 is 10.6 Å². The quantitative estimate of drug-likeness (QED) is 0.711. The highest BCUT2D eigenvalue weighted by atomic mass is 32.2. The molecule has 0 atom stereocenters. The Balaban J connectivity index is 2.15. The van der Waals surface area contributed by atoms with Crippen LogP contribution in [-0.4, -0.2) is 8.42 Å². The van der Waals surface area contributed by atoms with Crippen LogP contribution in [0.2, 0.25) is 0 Å². The van der Waals surface area contributed by atoms with Crippen LogP contribution in [-0.2, 0) is 16.3 Å². The van der Waals surface area contributed by atoms with E-state index in [0.717, 1.165) is 29.0 Å². The van der Waals surface area contributed by atoms with Crippen LogP contribution in [0.5, 0.6) is 0 Å². The number of hydrogen-bond acceptors (Lipinski definition) is 3. The summed E-state index contributed by atoms with van der Waals surface area (Å²) in [6, 6.07) is 4.03. The number of sulfone groups is 1. The molecule has 0 radical (unpaired) electrons. The van der Waals surface area contributed by atoms with Crippen LogP contribution in [0.25, 0.3) is 11.6 Å². The van der Waals surface area contributed by atoms with Gasteiger partial charge in [0.05, 0.1) is 16.5 Å². The van der Waals surface area contributed by atoms with E-state index >= 15 is 0 Å².